The summed E-state index contributed by atoms with van der Waals surface area (Å²) in [6, 6.07) is 0. The van der Waals surface area contributed by atoms with Gasteiger partial charge in [-0.15, -0.1) is 10.2 Å². The van der Waals surface area contributed by atoms with Gasteiger partial charge in [0.05, 0.1) is 5.60 Å². The number of amides is 1. The van der Waals surface area contributed by atoms with E-state index in [1.807, 2.05) is 13.8 Å². The standard InChI is InChI=1S/C8H15N5O2/c1-3-8(15,4-2)5-9-7(14)6-10-12-13-11-6/h15H,3-5H2,1-2H3,(H,9,14)(H,10,11,12,13). The molecule has 0 spiro atoms. The van der Waals surface area contributed by atoms with E-state index in [2.05, 4.69) is 25.9 Å². The summed E-state index contributed by atoms with van der Waals surface area (Å²) in [4.78, 5) is 11.4. The van der Waals surface area contributed by atoms with Crippen LogP contribution in [0.4, 0.5) is 0 Å². The fraction of sp³-hybridized carbons (Fsp3) is 0.750. The SMILES string of the molecule is CCC(O)(CC)CNC(=O)c1nn[nH]n1. The van der Waals surface area contributed by atoms with Crippen LogP contribution in [0.5, 0.6) is 0 Å². The summed E-state index contributed by atoms with van der Waals surface area (Å²) >= 11 is 0. The number of H-pyrrole nitrogens is 1. The van der Waals surface area contributed by atoms with Gasteiger partial charge in [0.25, 0.3) is 11.7 Å². The molecule has 0 saturated carbocycles. The minimum absolute atomic E-state index is 0.0236. The fourth-order valence-electron chi connectivity index (χ4n) is 1.08. The van der Waals surface area contributed by atoms with Crippen LogP contribution >= 0.6 is 0 Å². The number of aliphatic hydroxyl groups is 1. The highest BCUT2D eigenvalue weighted by Crippen LogP contribution is 2.12. The van der Waals surface area contributed by atoms with Crippen LogP contribution in [-0.2, 0) is 0 Å². The number of carbonyl (C=O) groups excluding carboxylic acids is 1. The Labute approximate surface area is 87.3 Å². The van der Waals surface area contributed by atoms with Crippen molar-refractivity contribution in [1.29, 1.82) is 0 Å². The first-order valence-electron chi connectivity index (χ1n) is 4.85. The summed E-state index contributed by atoms with van der Waals surface area (Å²) < 4.78 is 0. The summed E-state index contributed by atoms with van der Waals surface area (Å²) in [6.07, 6.45) is 1.16. The second-order valence-corrected chi connectivity index (χ2v) is 3.35. The number of carbonyl (C=O) groups is 1. The van der Waals surface area contributed by atoms with E-state index in [-0.39, 0.29) is 12.4 Å². The number of aromatic amines is 1. The van der Waals surface area contributed by atoms with Crippen molar-refractivity contribution in [2.75, 3.05) is 6.54 Å². The highest BCUT2D eigenvalue weighted by atomic mass is 16.3. The van der Waals surface area contributed by atoms with Crippen LogP contribution in [0.2, 0.25) is 0 Å². The van der Waals surface area contributed by atoms with Gasteiger partial charge >= 0.3 is 0 Å². The molecule has 0 atom stereocenters. The molecule has 0 aliphatic carbocycles. The zero-order chi connectivity index (χ0) is 11.3. The molecule has 1 amide bonds. The molecule has 0 fully saturated rings. The quantitative estimate of drug-likeness (QED) is 0.610. The maximum Gasteiger partial charge on any atom is 0.292 e. The van der Waals surface area contributed by atoms with Crippen molar-refractivity contribution in [1.82, 2.24) is 25.9 Å². The van der Waals surface area contributed by atoms with E-state index in [1.165, 1.54) is 0 Å². The van der Waals surface area contributed by atoms with E-state index in [1.54, 1.807) is 0 Å². The first-order valence-corrected chi connectivity index (χ1v) is 4.85. The highest BCUT2D eigenvalue weighted by molar-refractivity contribution is 5.90. The molecule has 1 aromatic heterocycles. The summed E-state index contributed by atoms with van der Waals surface area (Å²) in [7, 11) is 0. The minimum Gasteiger partial charge on any atom is -0.388 e. The topological polar surface area (TPSA) is 104 Å². The van der Waals surface area contributed by atoms with Crippen LogP contribution in [0.3, 0.4) is 0 Å². The third-order valence-electron chi connectivity index (χ3n) is 2.44. The largest absolute Gasteiger partial charge is 0.388 e. The molecule has 15 heavy (non-hydrogen) atoms. The average molecular weight is 213 g/mol. The molecule has 0 aromatic carbocycles. The molecule has 84 valence electrons. The van der Waals surface area contributed by atoms with Gasteiger partial charge in [0, 0.05) is 6.54 Å². The Morgan fingerprint density at radius 2 is 2.20 bits per heavy atom. The maximum absolute atomic E-state index is 11.4. The lowest BCUT2D eigenvalue weighted by atomic mass is 9.98. The Bertz CT molecular complexity index is 307. The van der Waals surface area contributed by atoms with Crippen molar-refractivity contribution in [3.63, 3.8) is 0 Å². The smallest absolute Gasteiger partial charge is 0.292 e. The van der Waals surface area contributed by atoms with Crippen molar-refractivity contribution in [2.45, 2.75) is 32.3 Å². The Morgan fingerprint density at radius 1 is 1.53 bits per heavy atom. The molecule has 0 aliphatic rings. The first-order chi connectivity index (χ1) is 7.11. The third-order valence-corrected chi connectivity index (χ3v) is 2.44. The van der Waals surface area contributed by atoms with Gasteiger partial charge < -0.3 is 10.4 Å². The Morgan fingerprint density at radius 3 is 2.67 bits per heavy atom. The monoisotopic (exact) mass is 213 g/mol. The normalized spacial score (nSPS) is 11.4. The van der Waals surface area contributed by atoms with E-state index in [4.69, 9.17) is 0 Å². The summed E-state index contributed by atoms with van der Waals surface area (Å²) in [5.74, 6) is -0.464. The van der Waals surface area contributed by atoms with Crippen molar-refractivity contribution in [3.05, 3.63) is 5.82 Å². The molecule has 1 heterocycles. The number of hydrogen-bond donors (Lipinski definition) is 3. The van der Waals surface area contributed by atoms with Gasteiger partial charge in [0.2, 0.25) is 0 Å². The number of rotatable bonds is 5. The van der Waals surface area contributed by atoms with E-state index >= 15 is 0 Å². The van der Waals surface area contributed by atoms with Gasteiger partial charge in [-0.05, 0) is 18.1 Å². The van der Waals surface area contributed by atoms with E-state index in [9.17, 15) is 9.90 Å². The highest BCUT2D eigenvalue weighted by Gasteiger charge is 2.23. The molecular formula is C8H15N5O2. The van der Waals surface area contributed by atoms with Crippen LogP contribution in [0.25, 0.3) is 0 Å². The molecule has 3 N–H and O–H groups in total. The van der Waals surface area contributed by atoms with Crippen LogP contribution < -0.4 is 5.32 Å². The van der Waals surface area contributed by atoms with Crippen molar-refractivity contribution >= 4 is 5.91 Å². The number of nitrogens with zero attached hydrogens (tertiary/aromatic N) is 3. The van der Waals surface area contributed by atoms with Crippen LogP contribution in [0.15, 0.2) is 0 Å². The molecule has 0 unspecified atom stereocenters. The number of aromatic nitrogens is 4. The molecule has 0 bridgehead atoms. The van der Waals surface area contributed by atoms with Crippen LogP contribution in [0, 0.1) is 0 Å². The summed E-state index contributed by atoms with van der Waals surface area (Å²) in [6.45, 7) is 3.92. The molecule has 1 aromatic rings. The van der Waals surface area contributed by atoms with Gasteiger partial charge in [-0.2, -0.15) is 5.21 Å². The number of tetrazole rings is 1. The number of nitrogens with one attached hydrogen (secondary N) is 2. The predicted octanol–water partition coefficient (Wildman–Crippen LogP) is -0.519. The summed E-state index contributed by atoms with van der Waals surface area (Å²) in [5, 5.41) is 25.0. The van der Waals surface area contributed by atoms with E-state index < -0.39 is 11.5 Å². The Kier molecular flexibility index (Phi) is 3.73. The third kappa shape index (κ3) is 2.98. The lowest BCUT2D eigenvalue weighted by Crippen LogP contribution is -2.42. The minimum atomic E-state index is -0.862. The Hall–Kier alpha value is -1.50. The van der Waals surface area contributed by atoms with Gasteiger partial charge in [0.15, 0.2) is 0 Å². The second kappa shape index (κ2) is 4.83. The van der Waals surface area contributed by atoms with Crippen LogP contribution in [0.1, 0.15) is 37.3 Å². The molecular weight excluding hydrogens is 198 g/mol. The predicted molar refractivity (Wildman–Crippen MR) is 52.0 cm³/mol. The average Bonchev–Trinajstić information content (AvgIpc) is 2.79. The lowest BCUT2D eigenvalue weighted by Gasteiger charge is -2.24. The molecule has 1 rings (SSSR count). The van der Waals surface area contributed by atoms with Gasteiger partial charge in [0.1, 0.15) is 0 Å². The summed E-state index contributed by atoms with van der Waals surface area (Å²) in [5.41, 5.74) is -0.862. The van der Waals surface area contributed by atoms with Gasteiger partial charge in [-0.25, -0.2) is 0 Å². The van der Waals surface area contributed by atoms with Crippen molar-refractivity contribution in [3.8, 4) is 0 Å². The fourth-order valence-corrected chi connectivity index (χ4v) is 1.08. The van der Waals surface area contributed by atoms with Gasteiger partial charge in [-0.1, -0.05) is 13.8 Å². The van der Waals surface area contributed by atoms with Crippen LogP contribution in [-0.4, -0.2) is 43.8 Å². The Balaban J connectivity index is 2.47. The zero-order valence-electron chi connectivity index (χ0n) is 8.82. The molecule has 7 heteroatoms. The number of hydrogen-bond acceptors (Lipinski definition) is 5. The first kappa shape index (κ1) is 11.6. The van der Waals surface area contributed by atoms with Crippen molar-refractivity contribution in [2.24, 2.45) is 0 Å². The second-order valence-electron chi connectivity index (χ2n) is 3.35. The lowest BCUT2D eigenvalue weighted by molar-refractivity contribution is 0.0312. The van der Waals surface area contributed by atoms with Gasteiger partial charge in [-0.3, -0.25) is 4.79 Å². The maximum atomic E-state index is 11.4. The zero-order valence-corrected chi connectivity index (χ0v) is 8.82. The molecule has 0 aliphatic heterocycles. The molecule has 0 saturated heterocycles. The van der Waals surface area contributed by atoms with Crippen molar-refractivity contribution < 1.29 is 9.90 Å². The van der Waals surface area contributed by atoms with E-state index in [0.29, 0.717) is 12.8 Å². The van der Waals surface area contributed by atoms with E-state index in [0.717, 1.165) is 0 Å². The molecule has 0 radical (unpaired) electrons. The molecule has 7 nitrogen and oxygen atoms in total.